The van der Waals surface area contributed by atoms with Gasteiger partial charge in [0, 0.05) is 6.54 Å². The van der Waals surface area contributed by atoms with E-state index in [9.17, 15) is 14.4 Å². The van der Waals surface area contributed by atoms with Crippen molar-refractivity contribution in [3.05, 3.63) is 28.8 Å². The topological polar surface area (TPSA) is 113 Å². The molecule has 1 heterocycles. The lowest BCUT2D eigenvalue weighted by atomic mass is 10.2. The summed E-state index contributed by atoms with van der Waals surface area (Å²) in [6, 6.07) is 2.87. The van der Waals surface area contributed by atoms with E-state index in [4.69, 9.17) is 22.4 Å². The average molecular weight is 312 g/mol. The molecular formula is C13H14ClN3O4. The van der Waals surface area contributed by atoms with E-state index < -0.39 is 23.9 Å². The molecule has 1 atom stereocenters. The molecule has 1 aliphatic rings. The van der Waals surface area contributed by atoms with Gasteiger partial charge in [-0.3, -0.25) is 4.79 Å². The summed E-state index contributed by atoms with van der Waals surface area (Å²) in [6.45, 7) is 0.435. The first kappa shape index (κ1) is 15.1. The van der Waals surface area contributed by atoms with Gasteiger partial charge in [0.1, 0.15) is 6.04 Å². The van der Waals surface area contributed by atoms with Gasteiger partial charge in [-0.1, -0.05) is 11.6 Å². The Morgan fingerprint density at radius 1 is 1.38 bits per heavy atom. The second-order valence-corrected chi connectivity index (χ2v) is 5.09. The van der Waals surface area contributed by atoms with Crippen molar-refractivity contribution >= 4 is 35.2 Å². The molecule has 1 aliphatic heterocycles. The van der Waals surface area contributed by atoms with E-state index in [1.807, 2.05) is 0 Å². The fourth-order valence-electron chi connectivity index (χ4n) is 2.24. The van der Waals surface area contributed by atoms with Gasteiger partial charge in [-0.25, -0.2) is 9.59 Å². The maximum absolute atomic E-state index is 12.1. The molecule has 0 aliphatic carbocycles. The van der Waals surface area contributed by atoms with Crippen molar-refractivity contribution in [2.24, 2.45) is 5.73 Å². The number of nitrogens with zero attached hydrogens (tertiary/aromatic N) is 1. The number of carboxylic acids is 1. The van der Waals surface area contributed by atoms with Crippen LogP contribution >= 0.6 is 11.6 Å². The largest absolute Gasteiger partial charge is 0.478 e. The number of nitrogens with one attached hydrogen (secondary N) is 1. The fourth-order valence-corrected chi connectivity index (χ4v) is 2.47. The van der Waals surface area contributed by atoms with Gasteiger partial charge < -0.3 is 21.1 Å². The number of halogens is 1. The molecule has 21 heavy (non-hydrogen) atoms. The zero-order valence-corrected chi connectivity index (χ0v) is 11.8. The van der Waals surface area contributed by atoms with Crippen LogP contribution in [0.2, 0.25) is 5.02 Å². The predicted molar refractivity (Wildman–Crippen MR) is 76.4 cm³/mol. The number of carbonyl (C=O) groups is 3. The fraction of sp³-hybridized carbons (Fsp3) is 0.308. The second kappa shape index (κ2) is 6.01. The average Bonchev–Trinajstić information content (AvgIpc) is 2.90. The molecule has 112 valence electrons. The van der Waals surface area contributed by atoms with Gasteiger partial charge >= 0.3 is 12.0 Å². The lowest BCUT2D eigenvalue weighted by Gasteiger charge is -2.22. The van der Waals surface area contributed by atoms with Gasteiger partial charge in [-0.2, -0.15) is 0 Å². The van der Waals surface area contributed by atoms with Crippen molar-refractivity contribution in [1.29, 1.82) is 0 Å². The van der Waals surface area contributed by atoms with Gasteiger partial charge in [0.15, 0.2) is 0 Å². The van der Waals surface area contributed by atoms with Crippen molar-refractivity contribution < 1.29 is 19.5 Å². The highest BCUT2D eigenvalue weighted by molar-refractivity contribution is 6.34. The molecule has 1 fully saturated rings. The number of likely N-dealkylation sites (tertiary alicyclic amines) is 1. The molecular weight excluding hydrogens is 298 g/mol. The Balaban J connectivity index is 2.13. The highest BCUT2D eigenvalue weighted by Gasteiger charge is 2.32. The number of carbonyl (C=O) groups excluding carboxylic acids is 2. The number of carboxylic acid groups (broad SMARTS) is 1. The number of benzene rings is 1. The van der Waals surface area contributed by atoms with Crippen molar-refractivity contribution in [2.45, 2.75) is 18.9 Å². The van der Waals surface area contributed by atoms with Crippen LogP contribution in [-0.2, 0) is 4.79 Å². The normalized spacial score (nSPS) is 17.6. The Kier molecular flexibility index (Phi) is 4.32. The van der Waals surface area contributed by atoms with E-state index in [0.29, 0.717) is 19.4 Å². The summed E-state index contributed by atoms with van der Waals surface area (Å²) in [5.74, 6) is -1.65. The van der Waals surface area contributed by atoms with E-state index in [1.54, 1.807) is 0 Å². The van der Waals surface area contributed by atoms with Crippen LogP contribution in [0.5, 0.6) is 0 Å². The Bertz CT molecular complexity index is 605. The number of rotatable bonds is 3. The van der Waals surface area contributed by atoms with E-state index in [0.717, 1.165) is 0 Å². The Morgan fingerprint density at radius 2 is 2.10 bits per heavy atom. The molecule has 0 bridgehead atoms. The summed E-state index contributed by atoms with van der Waals surface area (Å²) in [4.78, 5) is 35.6. The lowest BCUT2D eigenvalue weighted by Crippen LogP contribution is -2.45. The molecule has 3 amide bonds. The van der Waals surface area contributed by atoms with Gasteiger partial charge in [0.2, 0.25) is 5.91 Å². The SMILES string of the molecule is NC(=O)C1CCCN1C(=O)Nc1ccc(C(=O)O)cc1Cl. The minimum absolute atomic E-state index is 0.0224. The number of amides is 3. The lowest BCUT2D eigenvalue weighted by molar-refractivity contribution is -0.121. The molecule has 4 N–H and O–H groups in total. The Hall–Kier alpha value is -2.28. The van der Waals surface area contributed by atoms with Crippen LogP contribution < -0.4 is 11.1 Å². The van der Waals surface area contributed by atoms with Crippen molar-refractivity contribution in [3.8, 4) is 0 Å². The van der Waals surface area contributed by atoms with Crippen molar-refractivity contribution in [3.63, 3.8) is 0 Å². The van der Waals surface area contributed by atoms with Crippen LogP contribution in [0.3, 0.4) is 0 Å². The number of nitrogens with two attached hydrogens (primary N) is 1. The number of hydrogen-bond acceptors (Lipinski definition) is 3. The molecule has 0 radical (unpaired) electrons. The van der Waals surface area contributed by atoms with E-state index in [-0.39, 0.29) is 16.3 Å². The summed E-state index contributed by atoms with van der Waals surface area (Å²) in [5, 5.41) is 11.5. The number of primary amides is 1. The van der Waals surface area contributed by atoms with Gasteiger partial charge in [-0.05, 0) is 31.0 Å². The zero-order valence-electron chi connectivity index (χ0n) is 11.0. The number of hydrogen-bond donors (Lipinski definition) is 3. The molecule has 8 heteroatoms. The summed E-state index contributed by atoms with van der Waals surface area (Å²) >= 11 is 5.93. The van der Waals surface area contributed by atoms with Gasteiger partial charge in [0.25, 0.3) is 0 Å². The molecule has 1 aromatic rings. The third-order valence-corrected chi connectivity index (χ3v) is 3.61. The summed E-state index contributed by atoms with van der Waals surface area (Å²) < 4.78 is 0. The smallest absolute Gasteiger partial charge is 0.335 e. The summed E-state index contributed by atoms with van der Waals surface area (Å²) in [5.41, 5.74) is 5.55. The van der Waals surface area contributed by atoms with Crippen LogP contribution in [-0.4, -0.2) is 40.5 Å². The first-order valence-corrected chi connectivity index (χ1v) is 6.67. The Labute approximate surface area is 125 Å². The van der Waals surface area contributed by atoms with Crippen molar-refractivity contribution in [1.82, 2.24) is 4.90 Å². The maximum atomic E-state index is 12.1. The predicted octanol–water partition coefficient (Wildman–Crippen LogP) is 1.52. The van der Waals surface area contributed by atoms with Gasteiger partial charge in [-0.15, -0.1) is 0 Å². The standard InChI is InChI=1S/C13H14ClN3O4/c14-8-6-7(12(19)20)3-4-9(8)16-13(21)17-5-1-2-10(17)11(15)18/h3-4,6,10H,1-2,5H2,(H2,15,18)(H,16,21)(H,19,20). The van der Waals surface area contributed by atoms with E-state index in [1.165, 1.54) is 23.1 Å². The number of anilines is 1. The van der Waals surface area contributed by atoms with Crippen LogP contribution in [0.1, 0.15) is 23.2 Å². The molecule has 0 spiro atoms. The third-order valence-electron chi connectivity index (χ3n) is 3.30. The second-order valence-electron chi connectivity index (χ2n) is 4.68. The van der Waals surface area contributed by atoms with Crippen LogP contribution in [0.4, 0.5) is 10.5 Å². The van der Waals surface area contributed by atoms with Crippen molar-refractivity contribution in [2.75, 3.05) is 11.9 Å². The highest BCUT2D eigenvalue weighted by Crippen LogP contribution is 2.25. The quantitative estimate of drug-likeness (QED) is 0.785. The zero-order chi connectivity index (χ0) is 15.6. The van der Waals surface area contributed by atoms with E-state index >= 15 is 0 Å². The van der Waals surface area contributed by atoms with Crippen LogP contribution in [0, 0.1) is 0 Å². The molecule has 2 rings (SSSR count). The highest BCUT2D eigenvalue weighted by atomic mass is 35.5. The molecule has 0 aromatic heterocycles. The maximum Gasteiger partial charge on any atom is 0.335 e. The molecule has 1 aromatic carbocycles. The Morgan fingerprint density at radius 3 is 2.67 bits per heavy atom. The summed E-state index contributed by atoms with van der Waals surface area (Å²) in [7, 11) is 0. The number of urea groups is 1. The first-order valence-electron chi connectivity index (χ1n) is 6.30. The monoisotopic (exact) mass is 311 g/mol. The van der Waals surface area contributed by atoms with Crippen LogP contribution in [0.15, 0.2) is 18.2 Å². The first-order chi connectivity index (χ1) is 9.90. The summed E-state index contributed by atoms with van der Waals surface area (Å²) in [6.07, 6.45) is 1.24. The molecule has 1 unspecified atom stereocenters. The number of aromatic carboxylic acids is 1. The van der Waals surface area contributed by atoms with E-state index in [2.05, 4.69) is 5.32 Å². The minimum Gasteiger partial charge on any atom is -0.478 e. The molecule has 1 saturated heterocycles. The minimum atomic E-state index is -1.11. The molecule has 0 saturated carbocycles. The van der Waals surface area contributed by atoms with Crippen LogP contribution in [0.25, 0.3) is 0 Å². The molecule has 7 nitrogen and oxygen atoms in total. The third kappa shape index (κ3) is 3.25. The van der Waals surface area contributed by atoms with Gasteiger partial charge in [0.05, 0.1) is 16.3 Å².